The van der Waals surface area contributed by atoms with E-state index < -0.39 is 0 Å². The van der Waals surface area contributed by atoms with E-state index in [1.165, 1.54) is 5.56 Å². The van der Waals surface area contributed by atoms with Crippen molar-refractivity contribution in [2.75, 3.05) is 0 Å². The Morgan fingerprint density at radius 3 is 2.53 bits per heavy atom. The van der Waals surface area contributed by atoms with Crippen LogP contribution in [0.2, 0.25) is 0 Å². The summed E-state index contributed by atoms with van der Waals surface area (Å²) < 4.78 is 5.60. The van der Waals surface area contributed by atoms with Crippen LogP contribution in [0.25, 0.3) is 11.1 Å². The average Bonchev–Trinajstić information content (AvgIpc) is 2.56. The first-order valence-corrected chi connectivity index (χ1v) is 5.54. The van der Waals surface area contributed by atoms with Crippen LogP contribution < -0.4 is 0 Å². The summed E-state index contributed by atoms with van der Waals surface area (Å²) in [5.74, 6) is 1.46. The van der Waals surface area contributed by atoms with Gasteiger partial charge < -0.3 is 4.42 Å². The Balaban J connectivity index is 0.000000531. The predicted octanol–water partition coefficient (Wildman–Crippen LogP) is 4.29. The first-order valence-electron chi connectivity index (χ1n) is 5.54. The molecular weight excluding hydrogens is 186 g/mol. The summed E-state index contributed by atoms with van der Waals surface area (Å²) >= 11 is 0. The molecule has 0 radical (unpaired) electrons. The maximum Gasteiger partial charge on any atom is 0.152 e. The van der Waals surface area contributed by atoms with Crippen LogP contribution in [0, 0.1) is 6.92 Å². The Kier molecular flexibility index (Phi) is 3.89. The SMILES string of the molecule is CC.Cc1oc2cccnc2c1C(C)C. The Labute approximate surface area is 91.3 Å². The van der Waals surface area contributed by atoms with Crippen LogP contribution in [-0.4, -0.2) is 4.98 Å². The highest BCUT2D eigenvalue weighted by Crippen LogP contribution is 2.29. The summed E-state index contributed by atoms with van der Waals surface area (Å²) in [6, 6.07) is 3.86. The van der Waals surface area contributed by atoms with Gasteiger partial charge in [0.25, 0.3) is 0 Å². The molecule has 0 fully saturated rings. The minimum absolute atomic E-state index is 0.469. The van der Waals surface area contributed by atoms with E-state index in [9.17, 15) is 0 Å². The van der Waals surface area contributed by atoms with Gasteiger partial charge in [-0.05, 0) is 25.0 Å². The number of hydrogen-bond donors (Lipinski definition) is 0. The lowest BCUT2D eigenvalue weighted by Crippen LogP contribution is -1.88. The van der Waals surface area contributed by atoms with Crippen LogP contribution in [0.5, 0.6) is 0 Å². The Hall–Kier alpha value is -1.31. The van der Waals surface area contributed by atoms with Gasteiger partial charge in [0.05, 0.1) is 0 Å². The second-order valence-electron chi connectivity index (χ2n) is 3.58. The number of nitrogens with zero attached hydrogens (tertiary/aromatic N) is 1. The van der Waals surface area contributed by atoms with Gasteiger partial charge in [-0.2, -0.15) is 0 Å². The summed E-state index contributed by atoms with van der Waals surface area (Å²) in [5, 5.41) is 0. The molecule has 0 aliphatic heterocycles. The zero-order chi connectivity index (χ0) is 11.4. The molecule has 0 aromatic carbocycles. The number of aromatic nitrogens is 1. The molecule has 0 spiro atoms. The van der Waals surface area contributed by atoms with Crippen LogP contribution in [0.3, 0.4) is 0 Å². The van der Waals surface area contributed by atoms with E-state index in [2.05, 4.69) is 18.8 Å². The third kappa shape index (κ3) is 2.20. The molecule has 0 N–H and O–H groups in total. The summed E-state index contributed by atoms with van der Waals surface area (Å²) in [6.45, 7) is 10.3. The molecule has 2 aromatic rings. The normalized spacial score (nSPS) is 10.3. The monoisotopic (exact) mass is 205 g/mol. The van der Waals surface area contributed by atoms with Gasteiger partial charge in [-0.25, -0.2) is 0 Å². The molecule has 2 nitrogen and oxygen atoms in total. The third-order valence-corrected chi connectivity index (χ3v) is 2.25. The third-order valence-electron chi connectivity index (χ3n) is 2.25. The molecule has 2 heteroatoms. The van der Waals surface area contributed by atoms with Crippen molar-refractivity contribution >= 4 is 11.1 Å². The molecule has 2 aromatic heterocycles. The summed E-state index contributed by atoms with van der Waals surface area (Å²) in [4.78, 5) is 4.33. The molecule has 0 amide bonds. The molecular formula is C13H19NO. The van der Waals surface area contributed by atoms with E-state index in [4.69, 9.17) is 4.42 Å². The van der Waals surface area contributed by atoms with Crippen molar-refractivity contribution < 1.29 is 4.42 Å². The molecule has 82 valence electrons. The van der Waals surface area contributed by atoms with Crippen molar-refractivity contribution in [3.8, 4) is 0 Å². The smallest absolute Gasteiger partial charge is 0.152 e. The van der Waals surface area contributed by atoms with Crippen LogP contribution >= 0.6 is 0 Å². The Morgan fingerprint density at radius 1 is 1.27 bits per heavy atom. The molecule has 2 rings (SSSR count). The molecule has 0 aliphatic rings. The molecule has 0 unspecified atom stereocenters. The number of aryl methyl sites for hydroxylation is 1. The van der Waals surface area contributed by atoms with E-state index >= 15 is 0 Å². The highest BCUT2D eigenvalue weighted by atomic mass is 16.3. The number of pyridine rings is 1. The van der Waals surface area contributed by atoms with Crippen LogP contribution in [0.1, 0.15) is 44.9 Å². The van der Waals surface area contributed by atoms with E-state index in [1.54, 1.807) is 0 Å². The van der Waals surface area contributed by atoms with Crippen LogP contribution in [0.4, 0.5) is 0 Å². The van der Waals surface area contributed by atoms with Crippen molar-refractivity contribution in [2.24, 2.45) is 0 Å². The van der Waals surface area contributed by atoms with Crippen LogP contribution in [-0.2, 0) is 0 Å². The lowest BCUT2D eigenvalue weighted by atomic mass is 10.0. The van der Waals surface area contributed by atoms with E-state index in [-0.39, 0.29) is 0 Å². The molecule has 0 saturated heterocycles. The van der Waals surface area contributed by atoms with Crippen LogP contribution in [0.15, 0.2) is 22.7 Å². The molecule has 0 aliphatic carbocycles. The van der Waals surface area contributed by atoms with E-state index in [0.717, 1.165) is 16.9 Å². The first kappa shape index (κ1) is 11.8. The van der Waals surface area contributed by atoms with Gasteiger partial charge in [-0.1, -0.05) is 27.7 Å². The van der Waals surface area contributed by atoms with Gasteiger partial charge >= 0.3 is 0 Å². The largest absolute Gasteiger partial charge is 0.459 e. The second kappa shape index (κ2) is 4.96. The van der Waals surface area contributed by atoms with Gasteiger partial charge in [-0.3, -0.25) is 4.98 Å². The predicted molar refractivity (Wildman–Crippen MR) is 64.2 cm³/mol. The van der Waals surface area contributed by atoms with Crippen molar-refractivity contribution in [3.63, 3.8) is 0 Å². The lowest BCUT2D eigenvalue weighted by Gasteiger charge is -2.01. The van der Waals surface area contributed by atoms with Crippen molar-refractivity contribution in [1.82, 2.24) is 4.98 Å². The van der Waals surface area contributed by atoms with Gasteiger partial charge in [0.15, 0.2) is 5.58 Å². The van der Waals surface area contributed by atoms with Gasteiger partial charge in [0.1, 0.15) is 11.3 Å². The van der Waals surface area contributed by atoms with Crippen molar-refractivity contribution in [3.05, 3.63) is 29.7 Å². The number of rotatable bonds is 1. The summed E-state index contributed by atoms with van der Waals surface area (Å²) in [7, 11) is 0. The second-order valence-corrected chi connectivity index (χ2v) is 3.58. The van der Waals surface area contributed by atoms with E-state index in [0.29, 0.717) is 5.92 Å². The molecule has 15 heavy (non-hydrogen) atoms. The molecule has 0 saturated carbocycles. The Morgan fingerprint density at radius 2 is 1.93 bits per heavy atom. The maximum absolute atomic E-state index is 5.60. The molecule has 2 heterocycles. The minimum Gasteiger partial charge on any atom is -0.459 e. The highest BCUT2D eigenvalue weighted by Gasteiger charge is 2.13. The standard InChI is InChI=1S/C11H13NO.C2H6/c1-7(2)10-8(3)13-9-5-4-6-12-11(9)10;1-2/h4-7H,1-3H3;1-2H3. The summed E-state index contributed by atoms with van der Waals surface area (Å²) in [5.41, 5.74) is 3.13. The maximum atomic E-state index is 5.60. The molecule has 0 bridgehead atoms. The number of furan rings is 1. The first-order chi connectivity index (χ1) is 7.20. The fourth-order valence-electron chi connectivity index (χ4n) is 1.74. The molecule has 0 atom stereocenters. The number of hydrogen-bond acceptors (Lipinski definition) is 2. The zero-order valence-corrected chi connectivity index (χ0v) is 10.2. The summed E-state index contributed by atoms with van der Waals surface area (Å²) in [6.07, 6.45) is 1.81. The Bertz CT molecular complexity index is 429. The van der Waals surface area contributed by atoms with Gasteiger partial charge in [0.2, 0.25) is 0 Å². The minimum atomic E-state index is 0.469. The van der Waals surface area contributed by atoms with Crippen molar-refractivity contribution in [1.29, 1.82) is 0 Å². The van der Waals surface area contributed by atoms with Crippen molar-refractivity contribution in [2.45, 2.75) is 40.5 Å². The highest BCUT2D eigenvalue weighted by molar-refractivity contribution is 5.78. The average molecular weight is 205 g/mol. The quantitative estimate of drug-likeness (QED) is 0.694. The van der Waals surface area contributed by atoms with Gasteiger partial charge in [-0.15, -0.1) is 0 Å². The fraction of sp³-hybridized carbons (Fsp3) is 0.462. The van der Waals surface area contributed by atoms with E-state index in [1.807, 2.05) is 39.1 Å². The van der Waals surface area contributed by atoms with Gasteiger partial charge in [0, 0.05) is 11.8 Å². The lowest BCUT2D eigenvalue weighted by molar-refractivity contribution is 0.568. The number of fused-ring (bicyclic) bond motifs is 1. The topological polar surface area (TPSA) is 26.0 Å². The fourth-order valence-corrected chi connectivity index (χ4v) is 1.74. The zero-order valence-electron chi connectivity index (χ0n) is 10.2.